The number of halogens is 1. The number of rotatable bonds is 77. The normalized spacial score (nSPS) is 17.5. The molecule has 0 bridgehead atoms. The highest BCUT2D eigenvalue weighted by Gasteiger charge is 2.39. The van der Waals surface area contributed by atoms with E-state index in [-0.39, 0.29) is 54.3 Å². The van der Waals surface area contributed by atoms with Gasteiger partial charge in [0, 0.05) is 81.2 Å². The number of aliphatic hydroxyl groups excluding tert-OH is 2. The van der Waals surface area contributed by atoms with E-state index in [0.717, 1.165) is 77.2 Å². The van der Waals surface area contributed by atoms with Crippen LogP contribution in [0, 0.1) is 22.7 Å². The van der Waals surface area contributed by atoms with Crippen LogP contribution >= 0.6 is 27.4 Å². The molecule has 3 rings (SSSR count). The predicted octanol–water partition coefficient (Wildman–Crippen LogP) is 31.2. The van der Waals surface area contributed by atoms with Crippen molar-refractivity contribution in [2.24, 2.45) is 0 Å². The number of nitrogens with zero attached hydrogens (tertiary/aromatic N) is 6. The van der Waals surface area contributed by atoms with E-state index >= 15 is 0 Å². The van der Waals surface area contributed by atoms with E-state index in [4.69, 9.17) is 45.5 Å². The molecule has 19 heteroatoms. The molecule has 0 saturated carbocycles. The molecule has 8 atom stereocenters. The van der Waals surface area contributed by atoms with Crippen molar-refractivity contribution >= 4 is 45.2 Å². The van der Waals surface area contributed by atoms with Crippen LogP contribution in [0.4, 0.5) is 0 Å². The summed E-state index contributed by atoms with van der Waals surface area (Å²) in [6.45, 7) is 33.1. The molecule has 3 heterocycles. The average molecular weight is 1770 g/mol. The Morgan fingerprint density at radius 2 is 0.669 bits per heavy atom. The molecule has 0 aromatic rings. The Balaban J connectivity index is 0. The number of carboxylic acid groups (broad SMARTS) is 1. The first kappa shape index (κ1) is 121. The fourth-order valence-corrected chi connectivity index (χ4v) is 21.4. The van der Waals surface area contributed by atoms with Crippen molar-refractivity contribution in [3.8, 4) is 12.1 Å². The van der Waals surface area contributed by atoms with Gasteiger partial charge in [-0.3, -0.25) is 14.4 Å². The summed E-state index contributed by atoms with van der Waals surface area (Å²) in [6, 6.07) is 6.56. The minimum absolute atomic E-state index is 0.0118. The molecule has 0 aromatic heterocycles. The number of unbranched alkanes of at least 4 members (excludes halogenated alkanes) is 54. The number of aliphatic hydroxyl groups is 2. The SMILES string of the molecule is CC(C)N(C(C)C)P(Cl)OCCC#N.CCC1C[C@@H](O)CN1.CCCCCCCCCCCCCCCCCCCCCC(=O)N1C[C@@H](OP(OCCC#N)N(C(C)C)C(C)C)CC1CC.CCCCCCCCCCCCCCCCCCCCCC(=O)N1C[C@H](O)CC1CC.CCCCCCCCCCCCCCCCCCCCCC(=O)O. The zero-order valence-electron chi connectivity index (χ0n) is 82.1. The molecular weight excluding hydrogens is 1560 g/mol. The molecule has 4 N–H and O–H groups in total. The summed E-state index contributed by atoms with van der Waals surface area (Å²) in [7, 11) is -2.36. The number of carbonyl (C=O) groups excluding carboxylic acids is 2. The molecule has 3 saturated heterocycles. The summed E-state index contributed by atoms with van der Waals surface area (Å²) in [4.78, 5) is 39.9. The highest BCUT2D eigenvalue weighted by atomic mass is 35.7. The second kappa shape index (κ2) is 90.2. The van der Waals surface area contributed by atoms with Gasteiger partial charge in [0.2, 0.25) is 19.5 Å². The molecule has 5 unspecified atom stereocenters. The summed E-state index contributed by atoms with van der Waals surface area (Å²) in [5.41, 5.74) is 0. The van der Waals surface area contributed by atoms with Crippen molar-refractivity contribution in [1.29, 1.82) is 10.5 Å². The van der Waals surface area contributed by atoms with E-state index in [0.29, 0.717) is 76.5 Å². The molecule has 0 aromatic carbocycles. The minimum atomic E-state index is -1.28. The molecule has 716 valence electrons. The Labute approximate surface area is 758 Å². The topological polar surface area (TPSA) is 212 Å². The monoisotopic (exact) mass is 1770 g/mol. The van der Waals surface area contributed by atoms with Gasteiger partial charge in [0.15, 0.2) is 0 Å². The number of nitrogens with one attached hydrogen (secondary N) is 1. The summed E-state index contributed by atoms with van der Waals surface area (Å²) >= 11 is 6.13. The van der Waals surface area contributed by atoms with E-state index in [1.165, 1.54) is 334 Å². The van der Waals surface area contributed by atoms with Crippen LogP contribution in [0.25, 0.3) is 0 Å². The van der Waals surface area contributed by atoms with E-state index in [9.17, 15) is 19.5 Å². The number of carboxylic acids is 1. The van der Waals surface area contributed by atoms with Crippen molar-refractivity contribution < 1.29 is 43.3 Å². The number of hydrogen-bond acceptors (Lipinski definition) is 13. The summed E-state index contributed by atoms with van der Waals surface area (Å²) in [5.74, 6) is -0.105. The molecule has 16 nitrogen and oxygen atoms in total. The molecule has 121 heavy (non-hydrogen) atoms. The Bertz CT molecular complexity index is 2310. The number of nitriles is 2. The van der Waals surface area contributed by atoms with Crippen LogP contribution in [-0.2, 0) is 28.0 Å². The Hall–Kier alpha value is -1.78. The lowest BCUT2D eigenvalue weighted by atomic mass is 10.0. The molecule has 0 aliphatic carbocycles. The molecule has 0 radical (unpaired) electrons. The highest BCUT2D eigenvalue weighted by molar-refractivity contribution is 7.78. The van der Waals surface area contributed by atoms with E-state index < -0.39 is 22.1 Å². The second-order valence-corrected chi connectivity index (χ2v) is 40.7. The zero-order chi connectivity index (χ0) is 89.8. The van der Waals surface area contributed by atoms with Gasteiger partial charge < -0.3 is 44.0 Å². The number of likely N-dealkylation sites (tertiary alicyclic amines) is 2. The van der Waals surface area contributed by atoms with Gasteiger partial charge in [-0.25, -0.2) is 9.34 Å². The number of carbonyl (C=O) groups is 3. The van der Waals surface area contributed by atoms with Gasteiger partial charge in [-0.2, -0.15) is 10.5 Å². The molecule has 3 aliphatic heterocycles. The van der Waals surface area contributed by atoms with Crippen LogP contribution in [0.2, 0.25) is 0 Å². The van der Waals surface area contributed by atoms with Gasteiger partial charge in [-0.1, -0.05) is 388 Å². The van der Waals surface area contributed by atoms with Gasteiger partial charge in [-0.15, -0.1) is 0 Å². The van der Waals surface area contributed by atoms with Crippen molar-refractivity contribution in [2.75, 3.05) is 32.8 Å². The Morgan fingerprint density at radius 1 is 0.388 bits per heavy atom. The Kier molecular flexibility index (Phi) is 90.4. The maximum absolute atomic E-state index is 13.2. The third-order valence-corrected chi connectivity index (χ3v) is 29.3. The highest BCUT2D eigenvalue weighted by Crippen LogP contribution is 2.50. The molecular formula is C102H202ClN7O9P2. The molecule has 2 amide bonds. The van der Waals surface area contributed by atoms with Gasteiger partial charge in [0.1, 0.15) is 0 Å². The maximum atomic E-state index is 13.2. The van der Waals surface area contributed by atoms with E-state index in [2.05, 4.69) is 123 Å². The van der Waals surface area contributed by atoms with Gasteiger partial charge in [-0.05, 0) is 124 Å². The van der Waals surface area contributed by atoms with Crippen molar-refractivity contribution in [2.45, 2.75) is 594 Å². The zero-order valence-corrected chi connectivity index (χ0v) is 84.7. The summed E-state index contributed by atoms with van der Waals surface area (Å²) in [5, 5.41) is 47.9. The maximum Gasteiger partial charge on any atom is 0.303 e. The lowest BCUT2D eigenvalue weighted by Gasteiger charge is -2.36. The Morgan fingerprint density at radius 3 is 0.926 bits per heavy atom. The standard InChI is InChI=1S/C37H72N3O3P.C28H55NO2.C22H44O2.C9H18ClN2OP.C6H13NO/c1-7-9-10-11-12-13-14-15-16-17-18-19-20-21-22-23-24-25-26-28-37(41)39-32-36(31-35(39)8-2)43-44(42-30-27-29-38)40(33(3)4)34(5)6;1-3-5-6-7-8-9-10-11-12-13-14-15-16-17-18-19-20-21-22-23-28(31)29-25-27(30)24-26(29)4-2;1-2-3-4-5-6-7-8-9-10-11-12-13-14-15-16-17-18-19-20-21-22(23)24;1-8(2)12(9(3)4)14(10)13-7-5-6-11;1-2-5-3-6(8)4-7-5/h33-36H,7-28,30-32H2,1-6H3;26-27,30H,3-25H2,1-2H3;2-21H2,1H3,(H,23,24);8-9H,5,7H2,1-4H3;5-8H,2-4H2,1H3/t35?,36-,44?;26?,27-;;;5?,6-/m01..1/s1. The number of amides is 2. The van der Waals surface area contributed by atoms with Crippen LogP contribution in [0.5, 0.6) is 0 Å². The first-order chi connectivity index (χ1) is 58.6. The van der Waals surface area contributed by atoms with Gasteiger partial charge in [0.25, 0.3) is 8.53 Å². The quantitative estimate of drug-likeness (QED) is 0.0330. The summed E-state index contributed by atoms with van der Waals surface area (Å²) < 4.78 is 22.5. The molecule has 0 spiro atoms. The average Bonchev–Trinajstić information content (AvgIpc) is 1.68. The van der Waals surface area contributed by atoms with Gasteiger partial charge in [0.05, 0.1) is 56.5 Å². The largest absolute Gasteiger partial charge is 0.481 e. The number of aliphatic carboxylic acids is 1. The first-order valence-electron chi connectivity index (χ1n) is 52.0. The molecule has 3 aliphatic rings. The van der Waals surface area contributed by atoms with E-state index in [1.54, 1.807) is 0 Å². The van der Waals surface area contributed by atoms with Crippen molar-refractivity contribution in [3.05, 3.63) is 0 Å². The molecule has 3 fully saturated rings. The number of β-amino-alcohol motifs (C(OH)–C–C–N with tert-alkyl or cyclic N) is 2. The summed E-state index contributed by atoms with van der Waals surface area (Å²) in [6.07, 6.45) is 85.5. The van der Waals surface area contributed by atoms with Crippen LogP contribution < -0.4 is 5.32 Å². The third-order valence-electron chi connectivity index (χ3n) is 24.6. The van der Waals surface area contributed by atoms with Crippen LogP contribution in [0.15, 0.2) is 0 Å². The first-order valence-corrected chi connectivity index (χ1v) is 55.3. The van der Waals surface area contributed by atoms with Gasteiger partial charge >= 0.3 is 5.97 Å². The lowest BCUT2D eigenvalue weighted by Crippen LogP contribution is -2.36. The third kappa shape index (κ3) is 74.7. The van der Waals surface area contributed by atoms with Crippen LogP contribution in [0.3, 0.4) is 0 Å². The lowest BCUT2D eigenvalue weighted by molar-refractivity contribution is -0.137. The number of hydrogen-bond donors (Lipinski definition) is 4. The van der Waals surface area contributed by atoms with Crippen LogP contribution in [0.1, 0.15) is 534 Å². The fraction of sp³-hybridized carbons (Fsp3) is 0.951. The smallest absolute Gasteiger partial charge is 0.303 e. The predicted molar refractivity (Wildman–Crippen MR) is 522 cm³/mol. The fourth-order valence-electron chi connectivity index (χ4n) is 17.3. The van der Waals surface area contributed by atoms with Crippen molar-refractivity contribution in [3.63, 3.8) is 0 Å². The van der Waals surface area contributed by atoms with Crippen molar-refractivity contribution in [1.82, 2.24) is 24.5 Å². The van der Waals surface area contributed by atoms with E-state index in [1.807, 2.05) is 11.0 Å². The second-order valence-electron chi connectivity index (χ2n) is 37.3. The van der Waals surface area contributed by atoms with Crippen LogP contribution in [-0.4, -0.2) is 146 Å². The minimum Gasteiger partial charge on any atom is -0.481 e.